The summed E-state index contributed by atoms with van der Waals surface area (Å²) in [5, 5.41) is 23.5. The van der Waals surface area contributed by atoms with Gasteiger partial charge in [-0.25, -0.2) is 4.68 Å². The minimum Gasteiger partial charge on any atom is -0.481 e. The molecule has 2 N–H and O–H groups in total. The number of thioether (sulfide) groups is 1. The number of tetrazole rings is 1. The smallest absolute Gasteiger partial charge is 0.305 e. The molecule has 1 aromatic heterocycles. The van der Waals surface area contributed by atoms with E-state index in [2.05, 4.69) is 20.8 Å². The Morgan fingerprint density at radius 3 is 2.50 bits per heavy atom. The van der Waals surface area contributed by atoms with Gasteiger partial charge in [0.25, 0.3) is 5.24 Å². The van der Waals surface area contributed by atoms with Crippen molar-refractivity contribution < 1.29 is 29.0 Å². The molecule has 0 aliphatic rings. The molecule has 0 aliphatic carbocycles. The van der Waals surface area contributed by atoms with Gasteiger partial charge in [0.05, 0.1) is 21.4 Å². The van der Waals surface area contributed by atoms with Gasteiger partial charge in [0, 0.05) is 12.9 Å². The number of amides is 1. The number of benzene rings is 2. The van der Waals surface area contributed by atoms with E-state index in [1.807, 2.05) is 12.1 Å². The molecule has 15 heteroatoms. The largest absolute Gasteiger partial charge is 0.481 e. The van der Waals surface area contributed by atoms with Crippen LogP contribution in [0.5, 0.6) is 5.75 Å². The summed E-state index contributed by atoms with van der Waals surface area (Å²) in [6, 6.07) is 11.1. The van der Waals surface area contributed by atoms with Crippen LogP contribution in [0, 0.1) is 0 Å². The zero-order valence-electron chi connectivity index (χ0n) is 20.0. The van der Waals surface area contributed by atoms with Gasteiger partial charge in [-0.3, -0.25) is 14.4 Å². The van der Waals surface area contributed by atoms with Crippen molar-refractivity contribution in [3.8, 4) is 5.75 Å². The number of hydrogen-bond acceptors (Lipinski definition) is 10. The molecule has 202 valence electrons. The number of ketones is 1. The number of methoxy groups -OCH3 is 1. The number of hydrogen-bond donors (Lipinski definition) is 2. The van der Waals surface area contributed by atoms with Crippen LogP contribution in [0.15, 0.2) is 52.5 Å². The molecule has 1 amide bonds. The molecule has 1 heterocycles. The number of Topliss-reactive ketones (excluding diaryl/α,β-unsaturated/α-hetero) is 1. The van der Waals surface area contributed by atoms with Crippen molar-refractivity contribution in [1.29, 1.82) is 0 Å². The Morgan fingerprint density at radius 1 is 1.13 bits per heavy atom. The molecule has 0 fully saturated rings. The third-order valence-electron chi connectivity index (χ3n) is 4.87. The van der Waals surface area contributed by atoms with Gasteiger partial charge in [0.15, 0.2) is 12.6 Å². The molecule has 2 aromatic carbocycles. The van der Waals surface area contributed by atoms with Gasteiger partial charge in [-0.2, -0.15) is 0 Å². The number of rotatable bonds is 14. The van der Waals surface area contributed by atoms with Gasteiger partial charge >= 0.3 is 5.97 Å². The van der Waals surface area contributed by atoms with Crippen LogP contribution in [0.4, 0.5) is 4.79 Å². The van der Waals surface area contributed by atoms with Crippen molar-refractivity contribution in [2.75, 3.05) is 19.7 Å². The van der Waals surface area contributed by atoms with Crippen molar-refractivity contribution in [3.05, 3.63) is 58.1 Å². The summed E-state index contributed by atoms with van der Waals surface area (Å²) in [6.07, 6.45) is -0.00891. The van der Waals surface area contributed by atoms with Crippen LogP contribution in [0.1, 0.15) is 12.0 Å². The van der Waals surface area contributed by atoms with Crippen LogP contribution in [-0.2, 0) is 27.3 Å². The molecular weight excluding hydrogens is 577 g/mol. The minimum absolute atomic E-state index is 0.148. The third-order valence-corrected chi connectivity index (χ3v) is 7.63. The number of halogens is 2. The summed E-state index contributed by atoms with van der Waals surface area (Å²) in [4.78, 5) is 37.3. The van der Waals surface area contributed by atoms with E-state index in [1.54, 1.807) is 30.3 Å². The topological polar surface area (TPSA) is 146 Å². The van der Waals surface area contributed by atoms with Gasteiger partial charge in [-0.05, 0) is 58.4 Å². The highest BCUT2D eigenvalue weighted by Gasteiger charge is 2.26. The first kappa shape index (κ1) is 29.7. The number of aliphatic carboxylic acids is 1. The quantitative estimate of drug-likeness (QED) is 0.257. The summed E-state index contributed by atoms with van der Waals surface area (Å²) >= 11 is 14.4. The Kier molecular flexibility index (Phi) is 11.7. The summed E-state index contributed by atoms with van der Waals surface area (Å²) in [7, 11) is 1.53. The van der Waals surface area contributed by atoms with Crippen molar-refractivity contribution in [2.24, 2.45) is 0 Å². The van der Waals surface area contributed by atoms with E-state index in [0.717, 1.165) is 29.1 Å². The number of carboxylic acids is 1. The Morgan fingerprint density at radius 2 is 1.84 bits per heavy atom. The summed E-state index contributed by atoms with van der Waals surface area (Å²) in [5.41, 5.74) is 0.982. The number of carboxylic acid groups (broad SMARTS) is 1. The van der Waals surface area contributed by atoms with Gasteiger partial charge in [0.2, 0.25) is 5.16 Å². The van der Waals surface area contributed by atoms with Crippen molar-refractivity contribution in [2.45, 2.75) is 35.5 Å². The van der Waals surface area contributed by atoms with E-state index in [0.29, 0.717) is 32.9 Å². The summed E-state index contributed by atoms with van der Waals surface area (Å²) in [5.74, 6) is -0.731. The van der Waals surface area contributed by atoms with Crippen LogP contribution in [0.2, 0.25) is 10.0 Å². The molecule has 0 bridgehead atoms. The maximum atomic E-state index is 12.9. The van der Waals surface area contributed by atoms with Gasteiger partial charge in [0.1, 0.15) is 18.3 Å². The van der Waals surface area contributed by atoms with Crippen LogP contribution >= 0.6 is 46.7 Å². The second-order valence-electron chi connectivity index (χ2n) is 7.61. The van der Waals surface area contributed by atoms with Crippen LogP contribution in [-0.4, -0.2) is 68.0 Å². The van der Waals surface area contributed by atoms with E-state index in [1.165, 1.54) is 11.8 Å². The highest BCUT2D eigenvalue weighted by atomic mass is 35.5. The SMILES string of the molecule is COCOc1ccc(CCSC(=O)NC(CC(=O)O)C(=O)Cn2nnnc2Sc2c(Cl)cccc2Cl)cc1. The van der Waals surface area contributed by atoms with E-state index in [4.69, 9.17) is 32.7 Å². The first-order chi connectivity index (χ1) is 18.3. The standard InChI is InChI=1S/C23H23Cl2N5O6S2/c1-35-13-36-15-7-5-14(6-8-15)9-10-37-23(34)26-18(11-20(32)33)19(31)12-30-22(27-28-29-30)38-21-16(24)3-2-4-17(21)25/h2-8,18H,9-13H2,1H3,(H,26,34)(H,32,33). The average Bonchev–Trinajstić information content (AvgIpc) is 3.31. The van der Waals surface area contributed by atoms with Crippen LogP contribution in [0.25, 0.3) is 0 Å². The maximum Gasteiger partial charge on any atom is 0.305 e. The molecular formula is C23H23Cl2N5O6S2. The first-order valence-electron chi connectivity index (χ1n) is 11.0. The lowest BCUT2D eigenvalue weighted by atomic mass is 10.1. The molecule has 38 heavy (non-hydrogen) atoms. The van der Waals surface area contributed by atoms with Crippen molar-refractivity contribution in [1.82, 2.24) is 25.5 Å². The van der Waals surface area contributed by atoms with E-state index < -0.39 is 29.5 Å². The highest BCUT2D eigenvalue weighted by Crippen LogP contribution is 2.37. The molecule has 0 saturated heterocycles. The zero-order chi connectivity index (χ0) is 27.5. The van der Waals surface area contributed by atoms with Gasteiger partial charge in [-0.1, -0.05) is 53.2 Å². The number of aryl methyl sites for hydroxylation is 1. The van der Waals surface area contributed by atoms with Crippen molar-refractivity contribution in [3.63, 3.8) is 0 Å². The second kappa shape index (κ2) is 14.9. The molecule has 0 radical (unpaired) electrons. The van der Waals surface area contributed by atoms with Crippen LogP contribution in [0.3, 0.4) is 0 Å². The Balaban J connectivity index is 1.56. The molecule has 1 atom stereocenters. The number of aromatic nitrogens is 4. The molecule has 11 nitrogen and oxygen atoms in total. The number of nitrogens with zero attached hydrogens (tertiary/aromatic N) is 4. The molecule has 3 aromatic rings. The number of carbonyl (C=O) groups is 3. The minimum atomic E-state index is -1.27. The summed E-state index contributed by atoms with van der Waals surface area (Å²) in [6.45, 7) is -0.216. The fraction of sp³-hybridized carbons (Fsp3) is 0.304. The van der Waals surface area contributed by atoms with Crippen molar-refractivity contribution >= 4 is 63.7 Å². The normalized spacial score (nSPS) is 11.7. The monoisotopic (exact) mass is 599 g/mol. The Bertz CT molecular complexity index is 1240. The lowest BCUT2D eigenvalue weighted by Gasteiger charge is -2.16. The van der Waals surface area contributed by atoms with E-state index in [-0.39, 0.29) is 18.5 Å². The number of ether oxygens (including phenoxy) is 2. The Labute approximate surface area is 236 Å². The fourth-order valence-corrected chi connectivity index (χ4v) is 5.22. The predicted molar refractivity (Wildman–Crippen MR) is 143 cm³/mol. The average molecular weight is 601 g/mol. The predicted octanol–water partition coefficient (Wildman–Crippen LogP) is 4.21. The van der Waals surface area contributed by atoms with E-state index >= 15 is 0 Å². The molecule has 0 saturated carbocycles. The van der Waals surface area contributed by atoms with Gasteiger partial charge in [-0.15, -0.1) is 5.10 Å². The van der Waals surface area contributed by atoms with E-state index in [9.17, 15) is 19.5 Å². The Hall–Kier alpha value is -2.84. The number of carbonyl (C=O) groups excluding carboxylic acids is 2. The fourth-order valence-electron chi connectivity index (χ4n) is 3.04. The maximum absolute atomic E-state index is 12.9. The third kappa shape index (κ3) is 9.17. The first-order valence-corrected chi connectivity index (χ1v) is 13.6. The lowest BCUT2D eigenvalue weighted by molar-refractivity contribution is -0.139. The zero-order valence-corrected chi connectivity index (χ0v) is 23.1. The molecule has 0 spiro atoms. The molecule has 1 unspecified atom stereocenters. The van der Waals surface area contributed by atoms with Gasteiger partial charge < -0.3 is 19.9 Å². The molecule has 0 aliphatic heterocycles. The lowest BCUT2D eigenvalue weighted by Crippen LogP contribution is -2.42. The second-order valence-corrected chi connectivity index (χ2v) is 10.5. The number of nitrogens with one attached hydrogen (secondary N) is 1. The van der Waals surface area contributed by atoms with Crippen LogP contribution < -0.4 is 10.1 Å². The summed E-state index contributed by atoms with van der Waals surface area (Å²) < 4.78 is 11.4. The highest BCUT2D eigenvalue weighted by molar-refractivity contribution is 8.13. The molecule has 3 rings (SSSR count).